The van der Waals surface area contributed by atoms with E-state index < -0.39 is 0 Å². The Morgan fingerprint density at radius 1 is 0.974 bits per heavy atom. The lowest BCUT2D eigenvalue weighted by molar-refractivity contribution is 0.160. The van der Waals surface area contributed by atoms with E-state index in [1.54, 1.807) is 17.4 Å². The number of hydrogen-bond acceptors (Lipinski definition) is 7. The van der Waals surface area contributed by atoms with Gasteiger partial charge >= 0.3 is 6.03 Å². The highest BCUT2D eigenvalue weighted by Crippen LogP contribution is 2.31. The molecule has 0 spiro atoms. The number of aromatic nitrogens is 4. The summed E-state index contributed by atoms with van der Waals surface area (Å²) in [5, 5.41) is 4.26. The number of carbonyl (C=O) groups is 1. The Morgan fingerprint density at radius 2 is 1.82 bits per heavy atom. The summed E-state index contributed by atoms with van der Waals surface area (Å²) < 4.78 is 8.07. The normalized spacial score (nSPS) is 14.1. The number of hydrogen-bond donors (Lipinski definition) is 1. The topological polar surface area (TPSA) is 91.1 Å². The van der Waals surface area contributed by atoms with Crippen LogP contribution in [0.2, 0.25) is 0 Å². The zero-order chi connectivity index (χ0) is 26.9. The van der Waals surface area contributed by atoms with Gasteiger partial charge in [0.25, 0.3) is 0 Å². The van der Waals surface area contributed by atoms with Crippen molar-refractivity contribution in [1.82, 2.24) is 29.2 Å². The van der Waals surface area contributed by atoms with Crippen molar-refractivity contribution in [1.29, 1.82) is 0 Å². The van der Waals surface area contributed by atoms with E-state index in [4.69, 9.17) is 4.74 Å². The number of piperazine rings is 1. The minimum Gasteiger partial charge on any atom is -0.457 e. The molecule has 0 atom stereocenters. The highest BCUT2D eigenvalue weighted by atomic mass is 16.5. The summed E-state index contributed by atoms with van der Waals surface area (Å²) in [6, 6.07) is 15.5. The Labute approximate surface area is 226 Å². The molecule has 0 radical (unpaired) electrons. The maximum absolute atomic E-state index is 13.1. The van der Waals surface area contributed by atoms with Gasteiger partial charge in [-0.2, -0.15) is 0 Å². The number of carbonyl (C=O) groups excluding carboxylic acids is 1. The second kappa shape index (κ2) is 10.2. The largest absolute Gasteiger partial charge is 0.457 e. The molecule has 4 heterocycles. The fourth-order valence-corrected chi connectivity index (χ4v) is 4.73. The Bertz CT molecular complexity index is 1660. The van der Waals surface area contributed by atoms with Gasteiger partial charge in [0.2, 0.25) is 0 Å². The molecule has 3 aromatic heterocycles. The first-order valence-corrected chi connectivity index (χ1v) is 12.9. The third kappa shape index (κ3) is 5.06. The lowest BCUT2D eigenvalue weighted by Gasteiger charge is -2.35. The lowest BCUT2D eigenvalue weighted by Crippen LogP contribution is -2.51. The molecule has 39 heavy (non-hydrogen) atoms. The molecule has 198 valence electrons. The molecule has 0 bridgehead atoms. The van der Waals surface area contributed by atoms with Crippen molar-refractivity contribution in [2.75, 3.05) is 50.5 Å². The number of nitrogens with one attached hydrogen (secondary N) is 1. The van der Waals surface area contributed by atoms with E-state index >= 15 is 0 Å². The van der Waals surface area contributed by atoms with Gasteiger partial charge in [0.05, 0.1) is 5.52 Å². The monoisotopic (exact) mass is 522 g/mol. The average molecular weight is 523 g/mol. The van der Waals surface area contributed by atoms with Gasteiger partial charge in [-0.05, 0) is 62.0 Å². The van der Waals surface area contributed by atoms with Crippen LogP contribution in [0.5, 0.6) is 11.5 Å². The first-order chi connectivity index (χ1) is 18.9. The summed E-state index contributed by atoms with van der Waals surface area (Å²) in [7, 11) is 3.89. The van der Waals surface area contributed by atoms with Crippen LogP contribution in [0.1, 0.15) is 5.56 Å². The molecule has 10 heteroatoms. The number of pyridine rings is 1. The number of amides is 2. The van der Waals surface area contributed by atoms with Crippen LogP contribution in [0.25, 0.3) is 16.6 Å². The molecule has 0 unspecified atom stereocenters. The molecule has 1 aliphatic heterocycles. The molecule has 6 rings (SSSR count). The molecule has 1 fully saturated rings. The average Bonchev–Trinajstić information content (AvgIpc) is 3.42. The highest BCUT2D eigenvalue weighted by Gasteiger charge is 2.23. The predicted octanol–water partition coefficient (Wildman–Crippen LogP) is 4.93. The molecule has 2 amide bonds. The molecule has 1 aliphatic rings. The van der Waals surface area contributed by atoms with Gasteiger partial charge in [0, 0.05) is 74.6 Å². The molecule has 1 N–H and O–H groups in total. The Kier molecular flexibility index (Phi) is 6.45. The molecular weight excluding hydrogens is 492 g/mol. The van der Waals surface area contributed by atoms with Gasteiger partial charge in [0.1, 0.15) is 29.3 Å². The predicted molar refractivity (Wildman–Crippen MR) is 152 cm³/mol. The van der Waals surface area contributed by atoms with Crippen LogP contribution in [-0.4, -0.2) is 75.5 Å². The number of ether oxygens (including phenoxy) is 1. The molecule has 2 aromatic carbocycles. The molecule has 5 aromatic rings. The van der Waals surface area contributed by atoms with E-state index in [9.17, 15) is 4.79 Å². The maximum atomic E-state index is 13.1. The second-order valence-corrected chi connectivity index (χ2v) is 9.82. The fraction of sp³-hybridized carbons (Fsp3) is 0.241. The minimum absolute atomic E-state index is 0.00748. The summed E-state index contributed by atoms with van der Waals surface area (Å²) in [6.45, 7) is 5.20. The highest BCUT2D eigenvalue weighted by molar-refractivity contribution is 5.97. The van der Waals surface area contributed by atoms with Crippen molar-refractivity contribution in [3.63, 3.8) is 0 Å². The molecule has 0 saturated carbocycles. The molecule has 10 nitrogen and oxygen atoms in total. The number of urea groups is 1. The summed E-state index contributed by atoms with van der Waals surface area (Å²) >= 11 is 0. The summed E-state index contributed by atoms with van der Waals surface area (Å²) in [5.74, 6) is 2.15. The fourth-order valence-electron chi connectivity index (χ4n) is 4.73. The van der Waals surface area contributed by atoms with Crippen LogP contribution in [0.15, 0.2) is 73.4 Å². The zero-order valence-corrected chi connectivity index (χ0v) is 22.2. The van der Waals surface area contributed by atoms with Gasteiger partial charge in [0.15, 0.2) is 0 Å². The smallest absolute Gasteiger partial charge is 0.324 e. The standard InChI is InChI=1S/C29H30N8O2/c1-20-16-21(4-7-26(20)39-23-8-10-36-11-9-30-27(36)18-23)33-28-24-17-22(5-6-25(24)31-19-32-28)35(3)29(38)37-14-12-34(2)13-15-37/h4-11,16-19H,12-15H2,1-3H3,(H,31,32,33). The summed E-state index contributed by atoms with van der Waals surface area (Å²) in [4.78, 5) is 32.2. The number of likely N-dealkylation sites (N-methyl/N-ethyl adjacent to an activating group) is 1. The van der Waals surface area contributed by atoms with E-state index in [2.05, 4.69) is 32.2 Å². The van der Waals surface area contributed by atoms with Crippen LogP contribution < -0.4 is 15.0 Å². The van der Waals surface area contributed by atoms with Crippen LogP contribution in [0.3, 0.4) is 0 Å². The van der Waals surface area contributed by atoms with E-state index in [1.807, 2.05) is 84.2 Å². The molecule has 1 saturated heterocycles. The van der Waals surface area contributed by atoms with Crippen molar-refractivity contribution < 1.29 is 9.53 Å². The van der Waals surface area contributed by atoms with Gasteiger partial charge < -0.3 is 24.3 Å². The number of rotatable bonds is 5. The number of anilines is 3. The van der Waals surface area contributed by atoms with Crippen molar-refractivity contribution in [2.45, 2.75) is 6.92 Å². The first kappa shape index (κ1) is 24.6. The van der Waals surface area contributed by atoms with Crippen LogP contribution in [0.4, 0.5) is 22.0 Å². The van der Waals surface area contributed by atoms with Crippen molar-refractivity contribution in [3.8, 4) is 11.5 Å². The summed E-state index contributed by atoms with van der Waals surface area (Å²) in [5.41, 5.74) is 4.26. The Balaban J connectivity index is 1.22. The molecular formula is C29H30N8O2. The van der Waals surface area contributed by atoms with Gasteiger partial charge in [-0.1, -0.05) is 0 Å². The second-order valence-electron chi connectivity index (χ2n) is 9.82. The van der Waals surface area contributed by atoms with Crippen molar-refractivity contribution in [2.24, 2.45) is 0 Å². The van der Waals surface area contributed by atoms with Crippen molar-refractivity contribution in [3.05, 3.63) is 79.0 Å². The van der Waals surface area contributed by atoms with Crippen molar-refractivity contribution >= 4 is 39.8 Å². The lowest BCUT2D eigenvalue weighted by atomic mass is 10.1. The minimum atomic E-state index is -0.00748. The first-order valence-electron chi connectivity index (χ1n) is 12.9. The van der Waals surface area contributed by atoms with Crippen LogP contribution >= 0.6 is 0 Å². The van der Waals surface area contributed by atoms with E-state index in [1.165, 1.54) is 0 Å². The quantitative estimate of drug-likeness (QED) is 0.350. The number of nitrogens with zero attached hydrogens (tertiary/aromatic N) is 7. The summed E-state index contributed by atoms with van der Waals surface area (Å²) in [6.07, 6.45) is 7.12. The van der Waals surface area contributed by atoms with E-state index in [0.717, 1.165) is 71.2 Å². The number of imidazole rings is 1. The van der Waals surface area contributed by atoms with E-state index in [0.29, 0.717) is 5.82 Å². The Hall–Kier alpha value is -4.70. The number of fused-ring (bicyclic) bond motifs is 2. The third-order valence-electron chi connectivity index (χ3n) is 7.10. The van der Waals surface area contributed by atoms with Crippen LogP contribution in [0, 0.1) is 6.92 Å². The van der Waals surface area contributed by atoms with E-state index in [-0.39, 0.29) is 6.03 Å². The number of aryl methyl sites for hydroxylation is 1. The van der Waals surface area contributed by atoms with Gasteiger partial charge in [-0.3, -0.25) is 4.90 Å². The maximum Gasteiger partial charge on any atom is 0.324 e. The SMILES string of the molecule is Cc1cc(Nc2ncnc3ccc(N(C)C(=O)N4CCN(C)CC4)cc23)ccc1Oc1ccn2ccnc2c1. The van der Waals surface area contributed by atoms with Gasteiger partial charge in [-0.15, -0.1) is 0 Å². The Morgan fingerprint density at radius 3 is 2.64 bits per heavy atom. The van der Waals surface area contributed by atoms with Crippen LogP contribution in [-0.2, 0) is 0 Å². The molecule has 0 aliphatic carbocycles. The number of benzene rings is 2. The zero-order valence-electron chi connectivity index (χ0n) is 22.2. The third-order valence-corrected chi connectivity index (χ3v) is 7.10. The van der Waals surface area contributed by atoms with Gasteiger partial charge in [-0.25, -0.2) is 19.7 Å².